The van der Waals surface area contributed by atoms with E-state index in [1.807, 2.05) is 42.5 Å². The van der Waals surface area contributed by atoms with Gasteiger partial charge in [-0.25, -0.2) is 0 Å². The highest BCUT2D eigenvalue weighted by Crippen LogP contribution is 2.11. The van der Waals surface area contributed by atoms with Crippen LogP contribution in [0.1, 0.15) is 84.0 Å². The Bertz CT molecular complexity index is 468. The molecule has 0 radical (unpaired) electrons. The summed E-state index contributed by atoms with van der Waals surface area (Å²) in [5.74, 6) is 0. The van der Waals surface area contributed by atoms with Gasteiger partial charge in [-0.1, -0.05) is 157 Å². The second-order valence-corrected chi connectivity index (χ2v) is 6.91. The molecular formula is C27H42. The molecule has 0 fully saturated rings. The molecule has 0 unspecified atom stereocenters. The van der Waals surface area contributed by atoms with Crippen LogP contribution in [0.2, 0.25) is 0 Å². The fourth-order valence-corrected chi connectivity index (χ4v) is 2.76. The van der Waals surface area contributed by atoms with Crippen LogP contribution in [0.5, 0.6) is 0 Å². The summed E-state index contributed by atoms with van der Waals surface area (Å²) in [4.78, 5) is 0. The molecule has 0 aliphatic heterocycles. The van der Waals surface area contributed by atoms with Gasteiger partial charge in [0.15, 0.2) is 0 Å². The molecule has 0 heterocycles. The van der Waals surface area contributed by atoms with Crippen LogP contribution in [0.4, 0.5) is 0 Å². The molecule has 0 aromatic heterocycles. The van der Waals surface area contributed by atoms with Gasteiger partial charge in [0.05, 0.1) is 0 Å². The smallest absolute Gasteiger partial charge is 0.0348 e. The lowest BCUT2D eigenvalue weighted by Gasteiger charge is -2.01. The SMILES string of the molecule is C=C/C=C/C=C/C=C/C=C/C=C/C=C/CCCCCCCCCCCCC. The first kappa shape index (κ1) is 25.2. The first-order valence-corrected chi connectivity index (χ1v) is 11.0. The zero-order valence-corrected chi connectivity index (χ0v) is 17.7. The Morgan fingerprint density at radius 1 is 0.444 bits per heavy atom. The molecule has 0 spiro atoms. The number of allylic oxidation sites excluding steroid dienone is 13. The first-order valence-electron chi connectivity index (χ1n) is 11.0. The summed E-state index contributed by atoms with van der Waals surface area (Å²) < 4.78 is 0. The average molecular weight is 367 g/mol. The van der Waals surface area contributed by atoms with Crippen LogP contribution < -0.4 is 0 Å². The lowest BCUT2D eigenvalue weighted by atomic mass is 10.1. The molecule has 0 amide bonds. The number of hydrogen-bond acceptors (Lipinski definition) is 0. The summed E-state index contributed by atoms with van der Waals surface area (Å²) in [5.41, 5.74) is 0. The van der Waals surface area contributed by atoms with E-state index < -0.39 is 0 Å². The summed E-state index contributed by atoms with van der Waals surface area (Å²) in [6, 6.07) is 0. The Hall–Kier alpha value is -1.82. The fourth-order valence-electron chi connectivity index (χ4n) is 2.76. The highest BCUT2D eigenvalue weighted by molar-refractivity contribution is 5.20. The van der Waals surface area contributed by atoms with Gasteiger partial charge < -0.3 is 0 Å². The van der Waals surface area contributed by atoms with Crippen LogP contribution in [-0.2, 0) is 0 Å². The summed E-state index contributed by atoms with van der Waals surface area (Å²) in [7, 11) is 0. The van der Waals surface area contributed by atoms with Crippen LogP contribution in [0, 0.1) is 0 Å². The lowest BCUT2D eigenvalue weighted by molar-refractivity contribution is 0.550. The van der Waals surface area contributed by atoms with Gasteiger partial charge in [0.2, 0.25) is 0 Å². The summed E-state index contributed by atoms with van der Waals surface area (Å²) in [5, 5.41) is 0. The van der Waals surface area contributed by atoms with Crippen molar-refractivity contribution in [1.82, 2.24) is 0 Å². The van der Waals surface area contributed by atoms with E-state index >= 15 is 0 Å². The maximum Gasteiger partial charge on any atom is -0.0348 e. The second kappa shape index (κ2) is 24.2. The van der Waals surface area contributed by atoms with Crippen LogP contribution in [-0.4, -0.2) is 0 Å². The Labute approximate surface area is 169 Å². The molecule has 150 valence electrons. The van der Waals surface area contributed by atoms with Crippen molar-refractivity contribution in [3.63, 3.8) is 0 Å². The maximum atomic E-state index is 3.62. The number of hydrogen-bond donors (Lipinski definition) is 0. The first-order chi connectivity index (χ1) is 13.4. The van der Waals surface area contributed by atoms with E-state index in [1.165, 1.54) is 77.0 Å². The van der Waals surface area contributed by atoms with Crippen LogP contribution in [0.25, 0.3) is 0 Å². The predicted octanol–water partition coefficient (Wildman–Crippen LogP) is 9.21. The molecule has 0 aliphatic rings. The molecule has 0 saturated heterocycles. The van der Waals surface area contributed by atoms with Crippen molar-refractivity contribution in [3.05, 3.63) is 85.6 Å². The van der Waals surface area contributed by atoms with Crippen molar-refractivity contribution in [2.24, 2.45) is 0 Å². The minimum Gasteiger partial charge on any atom is -0.0991 e. The third kappa shape index (κ3) is 24.2. The molecular weight excluding hydrogens is 324 g/mol. The van der Waals surface area contributed by atoms with Crippen molar-refractivity contribution >= 4 is 0 Å². The van der Waals surface area contributed by atoms with E-state index in [0.29, 0.717) is 0 Å². The highest BCUT2D eigenvalue weighted by Gasteiger charge is 1.92. The normalized spacial score (nSPS) is 12.9. The van der Waals surface area contributed by atoms with Gasteiger partial charge in [-0.15, -0.1) is 0 Å². The zero-order valence-electron chi connectivity index (χ0n) is 17.7. The van der Waals surface area contributed by atoms with E-state index in [1.54, 1.807) is 6.08 Å². The molecule has 0 atom stereocenters. The molecule has 27 heavy (non-hydrogen) atoms. The molecule has 0 rings (SSSR count). The van der Waals surface area contributed by atoms with Gasteiger partial charge >= 0.3 is 0 Å². The fraction of sp³-hybridized carbons (Fsp3) is 0.481. The third-order valence-electron chi connectivity index (χ3n) is 4.36. The Balaban J connectivity index is 3.41. The van der Waals surface area contributed by atoms with Crippen molar-refractivity contribution in [2.45, 2.75) is 84.0 Å². The van der Waals surface area contributed by atoms with E-state index in [9.17, 15) is 0 Å². The standard InChI is InChI=1S/C27H42/c1-3-5-7-9-11-13-15-17-19-21-23-25-27-26-24-22-20-18-16-14-12-10-8-6-4-2/h3,5,7,9,11,13,15,17,19,21,23,25,27H,1,4,6,8,10,12,14,16,18,20,22,24,26H2,2H3/b7-5+,11-9+,15-13+,19-17+,23-21+,27-25+. The molecule has 0 N–H and O–H groups in total. The summed E-state index contributed by atoms with van der Waals surface area (Å²) in [6.07, 6.45) is 43.1. The van der Waals surface area contributed by atoms with Crippen molar-refractivity contribution in [3.8, 4) is 0 Å². The van der Waals surface area contributed by atoms with Crippen LogP contribution in [0.15, 0.2) is 85.6 Å². The van der Waals surface area contributed by atoms with Crippen molar-refractivity contribution < 1.29 is 0 Å². The average Bonchev–Trinajstić information content (AvgIpc) is 2.68. The third-order valence-corrected chi connectivity index (χ3v) is 4.36. The van der Waals surface area contributed by atoms with E-state index in [-0.39, 0.29) is 0 Å². The lowest BCUT2D eigenvalue weighted by Crippen LogP contribution is -1.81. The number of rotatable bonds is 18. The Morgan fingerprint density at radius 3 is 1.26 bits per heavy atom. The van der Waals surface area contributed by atoms with Gasteiger partial charge in [-0.2, -0.15) is 0 Å². The molecule has 0 aliphatic carbocycles. The monoisotopic (exact) mass is 366 g/mol. The molecule has 0 aromatic rings. The zero-order chi connectivity index (χ0) is 19.7. The van der Waals surface area contributed by atoms with E-state index in [4.69, 9.17) is 0 Å². The summed E-state index contributed by atoms with van der Waals surface area (Å²) in [6.45, 7) is 5.91. The summed E-state index contributed by atoms with van der Waals surface area (Å²) >= 11 is 0. The molecule has 0 aromatic carbocycles. The predicted molar refractivity (Wildman–Crippen MR) is 126 cm³/mol. The Kier molecular flexibility index (Phi) is 22.6. The molecule has 0 bridgehead atoms. The second-order valence-electron chi connectivity index (χ2n) is 6.91. The van der Waals surface area contributed by atoms with Gasteiger partial charge in [0.25, 0.3) is 0 Å². The molecule has 0 saturated carbocycles. The van der Waals surface area contributed by atoms with Crippen molar-refractivity contribution in [1.29, 1.82) is 0 Å². The minimum absolute atomic E-state index is 1.20. The highest BCUT2D eigenvalue weighted by atomic mass is 14.0. The van der Waals surface area contributed by atoms with Gasteiger partial charge in [0.1, 0.15) is 0 Å². The van der Waals surface area contributed by atoms with E-state index in [0.717, 1.165) is 0 Å². The maximum absolute atomic E-state index is 3.62. The van der Waals surface area contributed by atoms with Crippen molar-refractivity contribution in [2.75, 3.05) is 0 Å². The molecule has 0 nitrogen and oxygen atoms in total. The van der Waals surface area contributed by atoms with Gasteiger partial charge in [0, 0.05) is 0 Å². The number of unbranched alkanes of at least 4 members (excludes halogenated alkanes) is 11. The minimum atomic E-state index is 1.20. The molecule has 0 heteroatoms. The Morgan fingerprint density at radius 2 is 0.815 bits per heavy atom. The topological polar surface area (TPSA) is 0 Å². The van der Waals surface area contributed by atoms with Crippen LogP contribution in [0.3, 0.4) is 0 Å². The van der Waals surface area contributed by atoms with Crippen LogP contribution >= 0.6 is 0 Å². The van der Waals surface area contributed by atoms with Gasteiger partial charge in [-0.05, 0) is 12.8 Å². The van der Waals surface area contributed by atoms with Gasteiger partial charge in [-0.3, -0.25) is 0 Å². The van der Waals surface area contributed by atoms with E-state index in [2.05, 4.69) is 43.9 Å². The quantitative estimate of drug-likeness (QED) is 0.167. The largest absolute Gasteiger partial charge is 0.0991 e.